The second kappa shape index (κ2) is 12.2. The fourth-order valence-corrected chi connectivity index (χ4v) is 9.45. The first-order valence-corrected chi connectivity index (χ1v) is 19.4. The number of nitrogens with zero attached hydrogens (tertiary/aromatic N) is 4. The van der Waals surface area contributed by atoms with E-state index in [0.717, 1.165) is 44.8 Å². The lowest BCUT2D eigenvalue weighted by molar-refractivity contribution is 0.574. The van der Waals surface area contributed by atoms with Gasteiger partial charge in [-0.05, 0) is 70.8 Å². The average Bonchev–Trinajstić information content (AvgIpc) is 4.02. The molecule has 0 N–H and O–H groups in total. The van der Waals surface area contributed by atoms with E-state index in [-0.39, 0.29) is 0 Å². The van der Waals surface area contributed by atoms with Gasteiger partial charge in [0.2, 0.25) is 5.88 Å². The standard InChI is InChI=1S/C52H34N4O/c1-3-16-35(17-4-1)52(36-18-5-2-6-19-36,37-20-15-21-39(32-37)55-45-26-11-7-22-40(45)41-23-8-12-27-46(41)55)38-30-31-44-49(33-38)54-34-50(57-51(54)53-44)56-47-28-13-9-24-42(47)43-25-10-14-29-48(43)56/h1-34H. The average molecular weight is 731 g/mol. The predicted molar refractivity (Wildman–Crippen MR) is 232 cm³/mol. The summed E-state index contributed by atoms with van der Waals surface area (Å²) in [5.41, 5.74) is 11.5. The summed E-state index contributed by atoms with van der Waals surface area (Å²) in [6.45, 7) is 0. The van der Waals surface area contributed by atoms with Gasteiger partial charge >= 0.3 is 5.84 Å². The first-order chi connectivity index (χ1) is 28.3. The van der Waals surface area contributed by atoms with Crippen molar-refractivity contribution in [1.82, 2.24) is 18.5 Å². The Morgan fingerprint density at radius 3 is 1.42 bits per heavy atom. The smallest absolute Gasteiger partial charge is 0.308 e. The van der Waals surface area contributed by atoms with Crippen molar-refractivity contribution in [1.29, 1.82) is 0 Å². The lowest BCUT2D eigenvalue weighted by Gasteiger charge is -2.37. The van der Waals surface area contributed by atoms with Gasteiger partial charge in [0.15, 0.2) is 0 Å². The van der Waals surface area contributed by atoms with Crippen molar-refractivity contribution in [2.45, 2.75) is 5.41 Å². The van der Waals surface area contributed by atoms with Gasteiger partial charge in [-0.3, -0.25) is 8.97 Å². The number of fused-ring (bicyclic) bond motifs is 9. The number of oxazole rings is 1. The van der Waals surface area contributed by atoms with Gasteiger partial charge in [-0.25, -0.2) is 0 Å². The number of imidazole rings is 1. The first-order valence-electron chi connectivity index (χ1n) is 19.4. The Hall–Kier alpha value is -7.63. The van der Waals surface area contributed by atoms with Crippen LogP contribution in [0.2, 0.25) is 0 Å². The van der Waals surface area contributed by atoms with Crippen LogP contribution in [-0.2, 0) is 5.41 Å². The van der Waals surface area contributed by atoms with Crippen molar-refractivity contribution in [2.75, 3.05) is 0 Å². The maximum atomic E-state index is 6.63. The molecule has 0 aliphatic carbocycles. The number of hydrogen-bond donors (Lipinski definition) is 0. The number of rotatable bonds is 6. The highest BCUT2D eigenvalue weighted by molar-refractivity contribution is 6.10. The zero-order valence-electron chi connectivity index (χ0n) is 30.8. The van der Waals surface area contributed by atoms with E-state index >= 15 is 0 Å². The summed E-state index contributed by atoms with van der Waals surface area (Å²) < 4.78 is 13.3. The highest BCUT2D eigenvalue weighted by Crippen LogP contribution is 2.47. The third kappa shape index (κ3) is 4.54. The molecule has 4 heterocycles. The molecule has 8 aromatic carbocycles. The fraction of sp³-hybridized carbons (Fsp3) is 0.0192. The van der Waals surface area contributed by atoms with Crippen LogP contribution in [0, 0.1) is 0 Å². The molecule has 0 unspecified atom stereocenters. The molecule has 57 heavy (non-hydrogen) atoms. The molecule has 0 fully saturated rings. The fourth-order valence-electron chi connectivity index (χ4n) is 9.45. The Morgan fingerprint density at radius 1 is 0.386 bits per heavy atom. The van der Waals surface area contributed by atoms with Gasteiger partial charge < -0.3 is 8.98 Å². The Bertz CT molecular complexity index is 3330. The third-order valence-electron chi connectivity index (χ3n) is 11.9. The van der Waals surface area contributed by atoms with Gasteiger partial charge in [-0.15, -0.1) is 0 Å². The SMILES string of the molecule is c1ccc(C(c2ccccc2)(c2cccc(-n3c4ccccc4c4ccccc43)c2)c2ccc3nc4oc(-n5c6ccccc6c6ccccc65)cn4c3c2)cc1. The van der Waals surface area contributed by atoms with Crippen LogP contribution in [0.1, 0.15) is 22.3 Å². The normalized spacial score (nSPS) is 12.2. The van der Waals surface area contributed by atoms with E-state index < -0.39 is 5.41 Å². The molecule has 0 atom stereocenters. The van der Waals surface area contributed by atoms with E-state index in [1.54, 1.807) is 0 Å². The van der Waals surface area contributed by atoms with E-state index in [4.69, 9.17) is 9.40 Å². The Labute approximate surface area is 327 Å². The summed E-state index contributed by atoms with van der Waals surface area (Å²) in [7, 11) is 0. The monoisotopic (exact) mass is 730 g/mol. The molecule has 0 aliphatic heterocycles. The molecule has 12 aromatic rings. The summed E-state index contributed by atoms with van der Waals surface area (Å²) >= 11 is 0. The maximum Gasteiger partial charge on any atom is 0.308 e. The summed E-state index contributed by atoms with van der Waals surface area (Å²) in [5.74, 6) is 1.27. The molecule has 0 aliphatic rings. The van der Waals surface area contributed by atoms with Crippen LogP contribution in [0.4, 0.5) is 0 Å². The lowest BCUT2D eigenvalue weighted by Crippen LogP contribution is -2.31. The number of para-hydroxylation sites is 4. The van der Waals surface area contributed by atoms with Crippen molar-refractivity contribution in [3.63, 3.8) is 0 Å². The highest BCUT2D eigenvalue weighted by atomic mass is 16.4. The molecule has 268 valence electrons. The minimum absolute atomic E-state index is 0.553. The molecule has 0 bridgehead atoms. The number of aromatic nitrogens is 4. The van der Waals surface area contributed by atoms with Crippen molar-refractivity contribution in [3.8, 4) is 11.6 Å². The van der Waals surface area contributed by atoms with Gasteiger partial charge in [0.1, 0.15) is 0 Å². The molecule has 5 heteroatoms. The second-order valence-corrected chi connectivity index (χ2v) is 14.8. The maximum absolute atomic E-state index is 6.63. The van der Waals surface area contributed by atoms with Crippen molar-refractivity contribution >= 4 is 60.5 Å². The minimum Gasteiger partial charge on any atom is -0.406 e. The first kappa shape index (κ1) is 31.7. The zero-order chi connectivity index (χ0) is 37.5. The van der Waals surface area contributed by atoms with Crippen LogP contribution in [0.5, 0.6) is 0 Å². The summed E-state index contributed by atoms with van der Waals surface area (Å²) in [4.78, 5) is 5.03. The van der Waals surface area contributed by atoms with Crippen LogP contribution >= 0.6 is 0 Å². The molecular weight excluding hydrogens is 697 g/mol. The lowest BCUT2D eigenvalue weighted by atomic mass is 9.65. The quantitative estimate of drug-likeness (QED) is 0.160. The van der Waals surface area contributed by atoms with Crippen LogP contribution in [0.15, 0.2) is 211 Å². The molecular formula is C52H34N4O. The van der Waals surface area contributed by atoms with Gasteiger partial charge in [0, 0.05) is 27.2 Å². The van der Waals surface area contributed by atoms with Crippen molar-refractivity contribution in [2.24, 2.45) is 0 Å². The molecule has 0 spiro atoms. The van der Waals surface area contributed by atoms with Crippen LogP contribution in [0.3, 0.4) is 0 Å². The van der Waals surface area contributed by atoms with Gasteiger partial charge in [0.05, 0.1) is 44.7 Å². The van der Waals surface area contributed by atoms with Gasteiger partial charge in [0.25, 0.3) is 0 Å². The number of benzene rings is 8. The van der Waals surface area contributed by atoms with E-state index in [0.29, 0.717) is 5.84 Å². The Morgan fingerprint density at radius 2 is 0.860 bits per heavy atom. The van der Waals surface area contributed by atoms with E-state index in [9.17, 15) is 0 Å². The summed E-state index contributed by atoms with van der Waals surface area (Å²) in [5, 5.41) is 4.86. The highest BCUT2D eigenvalue weighted by Gasteiger charge is 2.39. The van der Waals surface area contributed by atoms with Crippen LogP contribution < -0.4 is 0 Å². The van der Waals surface area contributed by atoms with E-state index in [1.165, 1.54) is 43.7 Å². The largest absolute Gasteiger partial charge is 0.406 e. The van der Waals surface area contributed by atoms with E-state index in [1.807, 2.05) is 0 Å². The van der Waals surface area contributed by atoms with Crippen molar-refractivity contribution < 1.29 is 4.42 Å². The van der Waals surface area contributed by atoms with Crippen LogP contribution in [-0.4, -0.2) is 18.5 Å². The summed E-state index contributed by atoms with van der Waals surface area (Å²) in [6.07, 6.45) is 2.09. The van der Waals surface area contributed by atoms with Gasteiger partial charge in [-0.1, -0.05) is 152 Å². The third-order valence-corrected chi connectivity index (χ3v) is 11.9. The van der Waals surface area contributed by atoms with Crippen LogP contribution in [0.25, 0.3) is 72.1 Å². The minimum atomic E-state index is -0.685. The second-order valence-electron chi connectivity index (χ2n) is 14.8. The zero-order valence-corrected chi connectivity index (χ0v) is 30.8. The summed E-state index contributed by atoms with van der Waals surface area (Å²) in [6, 6.07) is 72.0. The van der Waals surface area contributed by atoms with Gasteiger partial charge in [-0.2, -0.15) is 4.98 Å². The number of hydrogen-bond acceptors (Lipinski definition) is 2. The molecule has 0 amide bonds. The van der Waals surface area contributed by atoms with E-state index in [2.05, 4.69) is 220 Å². The predicted octanol–water partition coefficient (Wildman–Crippen LogP) is 12.7. The molecule has 0 saturated carbocycles. The Kier molecular flexibility index (Phi) is 6.78. The molecule has 12 rings (SSSR count). The van der Waals surface area contributed by atoms with Crippen molar-refractivity contribution in [3.05, 3.63) is 229 Å². The molecule has 0 saturated heterocycles. The Balaban J connectivity index is 1.12. The molecule has 4 aromatic heterocycles. The topological polar surface area (TPSA) is 40.3 Å². The molecule has 0 radical (unpaired) electrons. The molecule has 5 nitrogen and oxygen atoms in total.